The van der Waals surface area contributed by atoms with E-state index in [0.29, 0.717) is 22.6 Å². The minimum Gasteiger partial charge on any atom is -0.495 e. The molecule has 1 rings (SSSR count). The number of nitrogen functional groups attached to an aromatic ring is 1. The maximum absolute atomic E-state index is 8.87. The summed E-state index contributed by atoms with van der Waals surface area (Å²) in [6, 6.07) is 7.15. The van der Waals surface area contributed by atoms with Gasteiger partial charge in [0, 0.05) is 11.8 Å². The maximum Gasteiger partial charge on any atom is 0.138 e. The van der Waals surface area contributed by atoms with Crippen LogP contribution in [-0.2, 0) is 6.42 Å². The minimum atomic E-state index is 0.157. The van der Waals surface area contributed by atoms with Gasteiger partial charge >= 0.3 is 0 Å². The van der Waals surface area contributed by atoms with Gasteiger partial charge in [0.05, 0.1) is 25.2 Å². The van der Waals surface area contributed by atoms with E-state index in [1.807, 2.05) is 12.1 Å². The molecule has 0 heterocycles. The van der Waals surface area contributed by atoms with Crippen LogP contribution in [0.3, 0.4) is 0 Å². The second kappa shape index (κ2) is 4.15. The van der Waals surface area contributed by atoms with Crippen molar-refractivity contribution in [3.63, 3.8) is 0 Å². The molecule has 0 fully saturated rings. The number of anilines is 1. The van der Waals surface area contributed by atoms with Gasteiger partial charge in [-0.25, -0.2) is 0 Å². The molecular formula is C10H9N3O. The summed E-state index contributed by atoms with van der Waals surface area (Å²) in [5, 5.41) is 17.4. The van der Waals surface area contributed by atoms with Crippen molar-refractivity contribution in [2.75, 3.05) is 12.8 Å². The van der Waals surface area contributed by atoms with Crippen LogP contribution in [0.2, 0.25) is 0 Å². The molecule has 0 aliphatic rings. The first-order valence-corrected chi connectivity index (χ1v) is 3.96. The number of ether oxygens (including phenoxy) is 1. The third-order valence-electron chi connectivity index (χ3n) is 1.81. The van der Waals surface area contributed by atoms with E-state index in [-0.39, 0.29) is 6.42 Å². The van der Waals surface area contributed by atoms with Gasteiger partial charge in [-0.1, -0.05) is 0 Å². The molecule has 0 saturated carbocycles. The summed E-state index contributed by atoms with van der Waals surface area (Å²) in [5.41, 5.74) is 7.06. The molecular weight excluding hydrogens is 178 g/mol. The lowest BCUT2D eigenvalue weighted by Crippen LogP contribution is -1.97. The van der Waals surface area contributed by atoms with Gasteiger partial charge in [-0.3, -0.25) is 0 Å². The van der Waals surface area contributed by atoms with E-state index in [2.05, 4.69) is 0 Å². The summed E-state index contributed by atoms with van der Waals surface area (Å²) >= 11 is 0. The first-order chi connectivity index (χ1) is 6.72. The van der Waals surface area contributed by atoms with Crippen molar-refractivity contribution in [3.05, 3.63) is 23.3 Å². The van der Waals surface area contributed by atoms with Crippen LogP contribution in [0.4, 0.5) is 5.69 Å². The largest absolute Gasteiger partial charge is 0.495 e. The smallest absolute Gasteiger partial charge is 0.138 e. The summed E-state index contributed by atoms with van der Waals surface area (Å²) in [7, 11) is 1.46. The number of nitrogens with zero attached hydrogens (tertiary/aromatic N) is 2. The first kappa shape index (κ1) is 9.88. The Balaban J connectivity index is 3.35. The average Bonchev–Trinajstić information content (AvgIpc) is 2.17. The number of hydrogen-bond donors (Lipinski definition) is 1. The lowest BCUT2D eigenvalue weighted by molar-refractivity contribution is 0.413. The Kier molecular flexibility index (Phi) is 2.93. The van der Waals surface area contributed by atoms with Crippen LogP contribution in [0.5, 0.6) is 5.75 Å². The molecule has 14 heavy (non-hydrogen) atoms. The number of nitriles is 2. The van der Waals surface area contributed by atoms with E-state index < -0.39 is 0 Å². The van der Waals surface area contributed by atoms with Crippen LogP contribution in [0, 0.1) is 22.7 Å². The molecule has 0 aliphatic carbocycles. The standard InChI is InChI=1S/C10H9N3O/c1-14-10-5-8(13)4-7(2-3-11)9(10)6-12/h4-5H,2,13H2,1H3. The molecule has 0 amide bonds. The van der Waals surface area contributed by atoms with Crippen LogP contribution >= 0.6 is 0 Å². The third kappa shape index (κ3) is 1.75. The molecule has 0 aliphatic heterocycles. The van der Waals surface area contributed by atoms with Crippen molar-refractivity contribution in [2.45, 2.75) is 6.42 Å². The van der Waals surface area contributed by atoms with Gasteiger partial charge in [0.2, 0.25) is 0 Å². The van der Waals surface area contributed by atoms with E-state index in [1.165, 1.54) is 7.11 Å². The highest BCUT2D eigenvalue weighted by molar-refractivity contribution is 5.58. The summed E-state index contributed by atoms with van der Waals surface area (Å²) in [6.07, 6.45) is 0.157. The molecule has 4 nitrogen and oxygen atoms in total. The van der Waals surface area contributed by atoms with Crippen LogP contribution in [0.1, 0.15) is 11.1 Å². The second-order valence-corrected chi connectivity index (χ2v) is 2.70. The molecule has 70 valence electrons. The topological polar surface area (TPSA) is 82.8 Å². The number of nitrogens with two attached hydrogens (primary N) is 1. The van der Waals surface area contributed by atoms with Gasteiger partial charge in [-0.15, -0.1) is 0 Å². The predicted octanol–water partition coefficient (Wildman–Crippen LogP) is 1.22. The number of benzene rings is 1. The zero-order valence-corrected chi connectivity index (χ0v) is 7.74. The van der Waals surface area contributed by atoms with E-state index >= 15 is 0 Å². The van der Waals surface area contributed by atoms with Crippen molar-refractivity contribution in [3.8, 4) is 17.9 Å². The molecule has 0 saturated heterocycles. The lowest BCUT2D eigenvalue weighted by atomic mass is 10.0. The Morgan fingerprint density at radius 2 is 2.14 bits per heavy atom. The summed E-state index contributed by atoms with van der Waals surface area (Å²) in [4.78, 5) is 0. The van der Waals surface area contributed by atoms with Gasteiger partial charge in [-0.05, 0) is 11.6 Å². The molecule has 4 heteroatoms. The fraction of sp³-hybridized carbons (Fsp3) is 0.200. The third-order valence-corrected chi connectivity index (χ3v) is 1.81. The Morgan fingerprint density at radius 1 is 1.43 bits per heavy atom. The number of hydrogen-bond acceptors (Lipinski definition) is 4. The zero-order chi connectivity index (χ0) is 10.6. The van der Waals surface area contributed by atoms with Crippen molar-refractivity contribution in [1.29, 1.82) is 10.5 Å². The molecule has 1 aromatic rings. The average molecular weight is 187 g/mol. The van der Waals surface area contributed by atoms with Gasteiger partial charge < -0.3 is 10.5 Å². The van der Waals surface area contributed by atoms with E-state index in [1.54, 1.807) is 12.1 Å². The Labute approximate surface area is 82.1 Å². The van der Waals surface area contributed by atoms with Crippen molar-refractivity contribution in [2.24, 2.45) is 0 Å². The second-order valence-electron chi connectivity index (χ2n) is 2.70. The Morgan fingerprint density at radius 3 is 2.64 bits per heavy atom. The zero-order valence-electron chi connectivity index (χ0n) is 7.74. The summed E-state index contributed by atoms with van der Waals surface area (Å²) < 4.78 is 4.99. The Hall–Kier alpha value is -2.20. The van der Waals surface area contributed by atoms with Crippen LogP contribution < -0.4 is 10.5 Å². The van der Waals surface area contributed by atoms with Gasteiger partial charge in [-0.2, -0.15) is 10.5 Å². The number of methoxy groups -OCH3 is 1. The molecule has 0 aromatic heterocycles. The van der Waals surface area contributed by atoms with Gasteiger partial charge in [0.25, 0.3) is 0 Å². The predicted molar refractivity (Wildman–Crippen MR) is 51.4 cm³/mol. The fourth-order valence-electron chi connectivity index (χ4n) is 1.21. The van der Waals surface area contributed by atoms with Gasteiger partial charge in [0.15, 0.2) is 0 Å². The molecule has 2 N–H and O–H groups in total. The van der Waals surface area contributed by atoms with E-state index in [0.717, 1.165) is 0 Å². The molecule has 0 radical (unpaired) electrons. The van der Waals surface area contributed by atoms with Crippen LogP contribution in [-0.4, -0.2) is 7.11 Å². The highest BCUT2D eigenvalue weighted by Crippen LogP contribution is 2.25. The highest BCUT2D eigenvalue weighted by atomic mass is 16.5. The lowest BCUT2D eigenvalue weighted by Gasteiger charge is -2.07. The normalized spacial score (nSPS) is 8.79. The molecule has 1 aromatic carbocycles. The number of rotatable bonds is 2. The highest BCUT2D eigenvalue weighted by Gasteiger charge is 2.09. The van der Waals surface area contributed by atoms with Crippen molar-refractivity contribution < 1.29 is 4.74 Å². The minimum absolute atomic E-state index is 0.157. The van der Waals surface area contributed by atoms with E-state index in [9.17, 15) is 0 Å². The quantitative estimate of drug-likeness (QED) is 0.705. The first-order valence-electron chi connectivity index (χ1n) is 3.96. The van der Waals surface area contributed by atoms with Gasteiger partial charge in [0.1, 0.15) is 11.8 Å². The molecule has 0 unspecified atom stereocenters. The molecule has 0 bridgehead atoms. The van der Waals surface area contributed by atoms with Crippen LogP contribution in [0.25, 0.3) is 0 Å². The van der Waals surface area contributed by atoms with Crippen LogP contribution in [0.15, 0.2) is 12.1 Å². The molecule has 0 spiro atoms. The van der Waals surface area contributed by atoms with Crippen molar-refractivity contribution >= 4 is 5.69 Å². The van der Waals surface area contributed by atoms with E-state index in [4.69, 9.17) is 21.0 Å². The van der Waals surface area contributed by atoms with Crippen molar-refractivity contribution in [1.82, 2.24) is 0 Å². The summed E-state index contributed by atoms with van der Waals surface area (Å²) in [5.74, 6) is 0.415. The Bertz CT molecular complexity index is 426. The molecule has 0 atom stereocenters. The fourth-order valence-corrected chi connectivity index (χ4v) is 1.21. The monoisotopic (exact) mass is 187 g/mol. The SMILES string of the molecule is COc1cc(N)cc(CC#N)c1C#N. The summed E-state index contributed by atoms with van der Waals surface area (Å²) in [6.45, 7) is 0. The maximum atomic E-state index is 8.87.